The molecule has 0 amide bonds. The molecule has 0 bridgehead atoms. The van der Waals surface area contributed by atoms with Crippen LogP contribution in [0, 0.1) is 0 Å². The molecule has 0 unspecified atom stereocenters. The van der Waals surface area contributed by atoms with Gasteiger partial charge in [-0.1, -0.05) is 23.3 Å². The van der Waals surface area contributed by atoms with Crippen molar-refractivity contribution in [2.75, 3.05) is 5.32 Å². The van der Waals surface area contributed by atoms with Gasteiger partial charge >= 0.3 is 6.01 Å². The maximum atomic E-state index is 9.79. The van der Waals surface area contributed by atoms with Crippen LogP contribution in [0.15, 0.2) is 34.7 Å². The van der Waals surface area contributed by atoms with E-state index in [-0.39, 0.29) is 12.0 Å². The van der Waals surface area contributed by atoms with E-state index in [2.05, 4.69) is 15.5 Å². The number of nitrogens with one attached hydrogen (secondary N) is 1. The third-order valence-electron chi connectivity index (χ3n) is 3.26. The molecule has 1 heterocycles. The Hall–Kier alpha value is -1.88. The monoisotopic (exact) mass is 245 g/mol. The highest BCUT2D eigenvalue weighted by Crippen LogP contribution is 2.34. The largest absolute Gasteiger partial charge is 0.407 e. The number of para-hydroxylation sites is 1. The fourth-order valence-corrected chi connectivity index (χ4v) is 2.31. The molecule has 0 saturated heterocycles. The van der Waals surface area contributed by atoms with Gasteiger partial charge in [0, 0.05) is 5.69 Å². The van der Waals surface area contributed by atoms with Crippen LogP contribution in [-0.4, -0.2) is 21.4 Å². The molecule has 94 valence electrons. The molecular formula is C13H15N3O2. The Morgan fingerprint density at radius 2 is 2.00 bits per heavy atom. The lowest BCUT2D eigenvalue weighted by molar-refractivity contribution is 0.152. The van der Waals surface area contributed by atoms with Crippen molar-refractivity contribution in [3.63, 3.8) is 0 Å². The van der Waals surface area contributed by atoms with Crippen LogP contribution in [0.4, 0.5) is 11.7 Å². The number of benzene rings is 1. The van der Waals surface area contributed by atoms with Crippen LogP contribution in [0.25, 0.3) is 0 Å². The molecule has 5 nitrogen and oxygen atoms in total. The average molecular weight is 245 g/mol. The Morgan fingerprint density at radius 3 is 2.72 bits per heavy atom. The molecule has 0 spiro atoms. The predicted molar refractivity (Wildman–Crippen MR) is 66.6 cm³/mol. The lowest BCUT2D eigenvalue weighted by Crippen LogP contribution is -2.11. The molecule has 1 aliphatic rings. The highest BCUT2D eigenvalue weighted by atomic mass is 16.4. The van der Waals surface area contributed by atoms with Gasteiger partial charge in [-0.25, -0.2) is 0 Å². The Morgan fingerprint density at radius 1 is 1.17 bits per heavy atom. The van der Waals surface area contributed by atoms with E-state index in [1.165, 1.54) is 0 Å². The van der Waals surface area contributed by atoms with Crippen molar-refractivity contribution in [3.8, 4) is 0 Å². The maximum Gasteiger partial charge on any atom is 0.320 e. The van der Waals surface area contributed by atoms with Gasteiger partial charge in [0.2, 0.25) is 5.89 Å². The number of nitrogens with zero attached hydrogens (tertiary/aromatic N) is 2. The zero-order valence-corrected chi connectivity index (χ0v) is 9.91. The van der Waals surface area contributed by atoms with Crippen LogP contribution in [0.1, 0.15) is 31.1 Å². The van der Waals surface area contributed by atoms with Gasteiger partial charge in [-0.05, 0) is 31.4 Å². The summed E-state index contributed by atoms with van der Waals surface area (Å²) in [4.78, 5) is 0. The summed E-state index contributed by atoms with van der Waals surface area (Å²) in [6.07, 6.45) is 2.38. The van der Waals surface area contributed by atoms with Gasteiger partial charge in [-0.3, -0.25) is 0 Å². The minimum Gasteiger partial charge on any atom is -0.407 e. The van der Waals surface area contributed by atoms with Crippen LogP contribution in [0.5, 0.6) is 0 Å². The normalized spacial score (nSPS) is 23.2. The van der Waals surface area contributed by atoms with Crippen molar-refractivity contribution >= 4 is 11.7 Å². The lowest BCUT2D eigenvalue weighted by Gasteiger charge is -2.08. The molecular weight excluding hydrogens is 230 g/mol. The summed E-state index contributed by atoms with van der Waals surface area (Å²) < 4.78 is 5.55. The molecule has 0 aliphatic heterocycles. The first-order valence-corrected chi connectivity index (χ1v) is 6.16. The zero-order chi connectivity index (χ0) is 12.4. The molecule has 5 heteroatoms. The molecule has 18 heavy (non-hydrogen) atoms. The third-order valence-corrected chi connectivity index (χ3v) is 3.26. The topological polar surface area (TPSA) is 71.2 Å². The minimum absolute atomic E-state index is 0.0103. The second-order valence-electron chi connectivity index (χ2n) is 4.54. The smallest absolute Gasteiger partial charge is 0.320 e. The van der Waals surface area contributed by atoms with Gasteiger partial charge in [-0.15, -0.1) is 5.10 Å². The molecule has 2 atom stereocenters. The molecule has 1 aromatic carbocycles. The van der Waals surface area contributed by atoms with Gasteiger partial charge < -0.3 is 14.8 Å². The standard InChI is InChI=1S/C13H15N3O2/c17-11-8-4-7-10(11)12-15-16-13(18-12)14-9-5-2-1-3-6-9/h1-3,5-6,10-11,17H,4,7-8H2,(H,14,16)/t10-,11+/m1/s1. The maximum absolute atomic E-state index is 9.79. The molecule has 1 aliphatic carbocycles. The summed E-state index contributed by atoms with van der Waals surface area (Å²) in [5.74, 6) is 0.516. The number of aliphatic hydroxyl groups is 1. The Kier molecular flexibility index (Phi) is 2.98. The zero-order valence-electron chi connectivity index (χ0n) is 9.91. The van der Waals surface area contributed by atoms with Crippen LogP contribution in [0.2, 0.25) is 0 Å². The second-order valence-corrected chi connectivity index (χ2v) is 4.54. The number of anilines is 2. The van der Waals surface area contributed by atoms with Gasteiger partial charge in [0.05, 0.1) is 12.0 Å². The molecule has 1 saturated carbocycles. The van der Waals surface area contributed by atoms with Crippen LogP contribution >= 0.6 is 0 Å². The predicted octanol–water partition coefficient (Wildman–Crippen LogP) is 2.44. The quantitative estimate of drug-likeness (QED) is 0.869. The average Bonchev–Trinajstić information content (AvgIpc) is 2.99. The molecule has 3 rings (SSSR count). The van der Waals surface area contributed by atoms with Crippen molar-refractivity contribution in [3.05, 3.63) is 36.2 Å². The Labute approximate surface area is 105 Å². The lowest BCUT2D eigenvalue weighted by atomic mass is 10.1. The highest BCUT2D eigenvalue weighted by molar-refractivity contribution is 5.50. The van der Waals surface area contributed by atoms with E-state index in [0.717, 1.165) is 24.9 Å². The fraction of sp³-hybridized carbons (Fsp3) is 0.385. The van der Waals surface area contributed by atoms with Crippen molar-refractivity contribution in [2.45, 2.75) is 31.3 Å². The van der Waals surface area contributed by atoms with Crippen LogP contribution in [0.3, 0.4) is 0 Å². The number of rotatable bonds is 3. The highest BCUT2D eigenvalue weighted by Gasteiger charge is 2.31. The first-order chi connectivity index (χ1) is 8.83. The Balaban J connectivity index is 1.74. The van der Waals surface area contributed by atoms with Crippen molar-refractivity contribution in [1.82, 2.24) is 10.2 Å². The summed E-state index contributed by atoms with van der Waals surface area (Å²) in [6, 6.07) is 10.0. The summed E-state index contributed by atoms with van der Waals surface area (Å²) in [6.45, 7) is 0. The molecule has 2 N–H and O–H groups in total. The second kappa shape index (κ2) is 4.78. The van der Waals surface area contributed by atoms with E-state index < -0.39 is 0 Å². The molecule has 1 fully saturated rings. The first-order valence-electron chi connectivity index (χ1n) is 6.16. The van der Waals surface area contributed by atoms with Crippen LogP contribution in [-0.2, 0) is 0 Å². The Bertz CT molecular complexity index is 512. The van der Waals surface area contributed by atoms with Crippen molar-refractivity contribution in [2.24, 2.45) is 0 Å². The summed E-state index contributed by atoms with van der Waals surface area (Å²) >= 11 is 0. The van der Waals surface area contributed by atoms with Gasteiger partial charge in [0.25, 0.3) is 0 Å². The van der Waals surface area contributed by atoms with E-state index >= 15 is 0 Å². The summed E-state index contributed by atoms with van der Waals surface area (Å²) in [5.41, 5.74) is 0.902. The molecule has 2 aromatic rings. The molecule has 0 radical (unpaired) electrons. The fourth-order valence-electron chi connectivity index (χ4n) is 2.31. The summed E-state index contributed by atoms with van der Waals surface area (Å²) in [7, 11) is 0. The van der Waals surface area contributed by atoms with E-state index in [1.54, 1.807) is 0 Å². The number of hydrogen-bond donors (Lipinski definition) is 2. The number of aliphatic hydroxyl groups excluding tert-OH is 1. The van der Waals surface area contributed by atoms with Gasteiger partial charge in [0.15, 0.2) is 0 Å². The van der Waals surface area contributed by atoms with Crippen molar-refractivity contribution < 1.29 is 9.52 Å². The van der Waals surface area contributed by atoms with E-state index in [0.29, 0.717) is 11.9 Å². The first kappa shape index (κ1) is 11.2. The third kappa shape index (κ3) is 2.22. The number of aromatic nitrogens is 2. The van der Waals surface area contributed by atoms with Gasteiger partial charge in [-0.2, -0.15) is 0 Å². The number of hydrogen-bond acceptors (Lipinski definition) is 5. The van der Waals surface area contributed by atoms with E-state index in [9.17, 15) is 5.11 Å². The summed E-state index contributed by atoms with van der Waals surface area (Å²) in [5, 5.41) is 20.8. The van der Waals surface area contributed by atoms with E-state index in [4.69, 9.17) is 4.42 Å². The molecule has 1 aromatic heterocycles. The van der Waals surface area contributed by atoms with Crippen LogP contribution < -0.4 is 5.32 Å². The van der Waals surface area contributed by atoms with E-state index in [1.807, 2.05) is 30.3 Å². The van der Waals surface area contributed by atoms with Gasteiger partial charge in [0.1, 0.15) is 0 Å². The SMILES string of the molecule is O[C@H]1CCC[C@H]1c1nnc(Nc2ccccc2)o1. The minimum atomic E-state index is -0.352. The van der Waals surface area contributed by atoms with Crippen molar-refractivity contribution in [1.29, 1.82) is 0 Å².